The molecule has 2 aromatic heterocycles. The second-order valence-corrected chi connectivity index (χ2v) is 6.10. The molecule has 8 nitrogen and oxygen atoms in total. The van der Waals surface area contributed by atoms with Crippen LogP contribution in [0.2, 0.25) is 0 Å². The van der Waals surface area contributed by atoms with Crippen molar-refractivity contribution in [3.8, 4) is 0 Å². The van der Waals surface area contributed by atoms with Gasteiger partial charge in [0.15, 0.2) is 12.5 Å². The van der Waals surface area contributed by atoms with Gasteiger partial charge in [-0.3, -0.25) is 0 Å². The molecular weight excluding hydrogens is 344 g/mol. The van der Waals surface area contributed by atoms with Gasteiger partial charge in [-0.05, 0) is 38.1 Å². The molecule has 2 atom stereocenters. The first-order valence-corrected chi connectivity index (χ1v) is 9.14. The Bertz CT molecular complexity index is 945. The zero-order chi connectivity index (χ0) is 18.6. The highest BCUT2D eigenvalue weighted by Crippen LogP contribution is 2.28. The Hall–Kier alpha value is -2.84. The maximum atomic E-state index is 6.00. The minimum Gasteiger partial charge on any atom is -0.357 e. The number of aromatic nitrogens is 6. The molecule has 2 heterocycles. The minimum absolute atomic E-state index is 0.332. The smallest absolute Gasteiger partial charge is 0.156 e. The lowest BCUT2D eigenvalue weighted by Crippen LogP contribution is -2.23. The van der Waals surface area contributed by atoms with Crippen LogP contribution in [-0.2, 0) is 9.47 Å². The lowest BCUT2D eigenvalue weighted by Gasteiger charge is -2.24. The Kier molecular flexibility index (Phi) is 5.08. The largest absolute Gasteiger partial charge is 0.357 e. The van der Waals surface area contributed by atoms with Gasteiger partial charge < -0.3 is 9.47 Å². The molecule has 0 saturated carbocycles. The predicted octanol–water partition coefficient (Wildman–Crippen LogP) is 3.34. The first-order chi connectivity index (χ1) is 13.3. The Labute approximate surface area is 156 Å². The lowest BCUT2D eigenvalue weighted by molar-refractivity contribution is -0.0772. The van der Waals surface area contributed by atoms with E-state index in [2.05, 4.69) is 20.6 Å². The number of benzene rings is 2. The summed E-state index contributed by atoms with van der Waals surface area (Å²) in [6, 6.07) is 15.7. The fraction of sp³-hybridized carbons (Fsp3) is 0.368. The van der Waals surface area contributed by atoms with E-state index in [1.807, 2.05) is 71.7 Å². The van der Waals surface area contributed by atoms with Crippen LogP contribution < -0.4 is 0 Å². The van der Waals surface area contributed by atoms with Gasteiger partial charge in [-0.25, -0.2) is 9.36 Å². The lowest BCUT2D eigenvalue weighted by atomic mass is 10.2. The van der Waals surface area contributed by atoms with E-state index in [-0.39, 0.29) is 12.5 Å². The number of hydrogen-bond donors (Lipinski definition) is 0. The minimum atomic E-state index is -0.332. The van der Waals surface area contributed by atoms with Crippen molar-refractivity contribution in [2.75, 3.05) is 13.2 Å². The number of rotatable bonds is 8. The van der Waals surface area contributed by atoms with Crippen molar-refractivity contribution in [1.29, 1.82) is 0 Å². The topological polar surface area (TPSA) is 79.9 Å². The van der Waals surface area contributed by atoms with E-state index in [1.54, 1.807) is 0 Å². The van der Waals surface area contributed by atoms with E-state index >= 15 is 0 Å². The highest BCUT2D eigenvalue weighted by atomic mass is 16.5. The number of para-hydroxylation sites is 2. The van der Waals surface area contributed by atoms with E-state index in [0.717, 1.165) is 22.1 Å². The number of ether oxygens (including phenoxy) is 2. The first kappa shape index (κ1) is 17.6. The fourth-order valence-corrected chi connectivity index (χ4v) is 3.23. The van der Waals surface area contributed by atoms with Crippen molar-refractivity contribution in [3.63, 3.8) is 0 Å². The fourth-order valence-electron chi connectivity index (χ4n) is 3.23. The molecule has 140 valence electrons. The number of nitrogens with zero attached hydrogens (tertiary/aromatic N) is 6. The molecule has 2 aromatic carbocycles. The van der Waals surface area contributed by atoms with E-state index in [4.69, 9.17) is 9.47 Å². The van der Waals surface area contributed by atoms with Gasteiger partial charge in [0, 0.05) is 19.6 Å². The average Bonchev–Trinajstić information content (AvgIpc) is 3.31. The summed E-state index contributed by atoms with van der Waals surface area (Å²) in [7, 11) is 0. The van der Waals surface area contributed by atoms with Crippen LogP contribution >= 0.6 is 0 Å². The molecule has 4 rings (SSSR count). The second kappa shape index (κ2) is 7.81. The molecule has 0 radical (unpaired) electrons. The maximum Gasteiger partial charge on any atom is 0.156 e. The van der Waals surface area contributed by atoms with Gasteiger partial charge in [0.2, 0.25) is 0 Å². The highest BCUT2D eigenvalue weighted by molar-refractivity contribution is 5.74. The SMILES string of the molecule is CCOC(CC(OCC)n1nnc2ccccc21)n1nnc2ccccc21. The summed E-state index contributed by atoms with van der Waals surface area (Å²) in [5.41, 5.74) is 3.52. The summed E-state index contributed by atoms with van der Waals surface area (Å²) in [5.74, 6) is 0. The molecule has 0 saturated heterocycles. The quantitative estimate of drug-likeness (QED) is 0.476. The van der Waals surface area contributed by atoms with Crippen LogP contribution in [0.4, 0.5) is 0 Å². The van der Waals surface area contributed by atoms with Crippen LogP contribution in [0.5, 0.6) is 0 Å². The van der Waals surface area contributed by atoms with Crippen molar-refractivity contribution in [2.24, 2.45) is 0 Å². The molecule has 0 aliphatic heterocycles. The third kappa shape index (κ3) is 3.41. The van der Waals surface area contributed by atoms with Gasteiger partial charge in [-0.1, -0.05) is 34.7 Å². The maximum absolute atomic E-state index is 6.00. The summed E-state index contributed by atoms with van der Waals surface area (Å²) in [4.78, 5) is 0. The van der Waals surface area contributed by atoms with Crippen LogP contribution in [0.1, 0.15) is 32.7 Å². The van der Waals surface area contributed by atoms with Gasteiger partial charge in [0.25, 0.3) is 0 Å². The standard InChI is InChI=1S/C19H22N6O2/c1-3-26-18(24-16-11-7-5-9-14(16)20-22-24)13-19(27-4-2)25-17-12-8-6-10-15(17)21-23-25/h5-12,18-19H,3-4,13H2,1-2H3. The molecule has 0 spiro atoms. The molecule has 0 aliphatic carbocycles. The van der Waals surface area contributed by atoms with E-state index < -0.39 is 0 Å². The van der Waals surface area contributed by atoms with E-state index in [1.165, 1.54) is 0 Å². The average molecular weight is 366 g/mol. The summed E-state index contributed by atoms with van der Waals surface area (Å²) in [5, 5.41) is 17.1. The van der Waals surface area contributed by atoms with Gasteiger partial charge in [-0.2, -0.15) is 0 Å². The van der Waals surface area contributed by atoms with Gasteiger partial charge in [0.05, 0.1) is 11.0 Å². The molecule has 0 fully saturated rings. The molecule has 2 unspecified atom stereocenters. The second-order valence-electron chi connectivity index (χ2n) is 6.10. The zero-order valence-corrected chi connectivity index (χ0v) is 15.4. The molecule has 0 bridgehead atoms. The monoisotopic (exact) mass is 366 g/mol. The van der Waals surface area contributed by atoms with Crippen LogP contribution in [0.25, 0.3) is 22.1 Å². The summed E-state index contributed by atoms with van der Waals surface area (Å²) < 4.78 is 15.6. The Balaban J connectivity index is 1.69. The van der Waals surface area contributed by atoms with Crippen molar-refractivity contribution in [2.45, 2.75) is 32.7 Å². The number of fused-ring (bicyclic) bond motifs is 2. The van der Waals surface area contributed by atoms with Gasteiger partial charge >= 0.3 is 0 Å². The molecule has 0 amide bonds. The molecule has 0 N–H and O–H groups in total. The zero-order valence-electron chi connectivity index (χ0n) is 15.4. The van der Waals surface area contributed by atoms with Crippen LogP contribution in [-0.4, -0.2) is 43.2 Å². The van der Waals surface area contributed by atoms with Crippen molar-refractivity contribution >= 4 is 22.1 Å². The summed E-state index contributed by atoms with van der Waals surface area (Å²) in [6.45, 7) is 5.03. The molecule has 27 heavy (non-hydrogen) atoms. The molecule has 0 aliphatic rings. The number of hydrogen-bond acceptors (Lipinski definition) is 6. The summed E-state index contributed by atoms with van der Waals surface area (Å²) in [6.07, 6.45) is -0.133. The predicted molar refractivity (Wildman–Crippen MR) is 101 cm³/mol. The third-order valence-corrected chi connectivity index (χ3v) is 4.42. The summed E-state index contributed by atoms with van der Waals surface area (Å²) >= 11 is 0. The van der Waals surface area contributed by atoms with Crippen LogP contribution in [0.3, 0.4) is 0 Å². The highest BCUT2D eigenvalue weighted by Gasteiger charge is 2.24. The Morgan fingerprint density at radius 1 is 0.741 bits per heavy atom. The normalized spacial score (nSPS) is 14.0. The van der Waals surface area contributed by atoms with Crippen molar-refractivity contribution in [1.82, 2.24) is 30.0 Å². The third-order valence-electron chi connectivity index (χ3n) is 4.42. The molecular formula is C19H22N6O2. The van der Waals surface area contributed by atoms with Gasteiger partial charge in [0.1, 0.15) is 11.0 Å². The van der Waals surface area contributed by atoms with Crippen molar-refractivity contribution < 1.29 is 9.47 Å². The first-order valence-electron chi connectivity index (χ1n) is 9.14. The Morgan fingerprint density at radius 3 is 1.63 bits per heavy atom. The molecule has 4 aromatic rings. The van der Waals surface area contributed by atoms with E-state index in [0.29, 0.717) is 19.6 Å². The van der Waals surface area contributed by atoms with Crippen LogP contribution in [0.15, 0.2) is 48.5 Å². The van der Waals surface area contributed by atoms with Crippen molar-refractivity contribution in [3.05, 3.63) is 48.5 Å². The van der Waals surface area contributed by atoms with Crippen LogP contribution in [0, 0.1) is 0 Å². The Morgan fingerprint density at radius 2 is 1.19 bits per heavy atom. The molecule has 8 heteroatoms. The van der Waals surface area contributed by atoms with E-state index in [9.17, 15) is 0 Å². The van der Waals surface area contributed by atoms with Gasteiger partial charge in [-0.15, -0.1) is 10.2 Å².